The number of fused-ring (bicyclic) bond motifs is 1. The largest absolute Gasteiger partial charge is 0.370 e. The molecule has 2 nitrogen and oxygen atoms in total. The zero-order chi connectivity index (χ0) is 10.1. The predicted molar refractivity (Wildman–Crippen MR) is 62.3 cm³/mol. The van der Waals surface area contributed by atoms with Gasteiger partial charge in [-0.2, -0.15) is 0 Å². The van der Waals surface area contributed by atoms with Crippen molar-refractivity contribution in [2.45, 2.75) is 19.3 Å². The van der Waals surface area contributed by atoms with E-state index in [1.165, 1.54) is 41.8 Å². The van der Waals surface area contributed by atoms with Gasteiger partial charge in [-0.3, -0.25) is 0 Å². The normalized spacial score (nSPS) is 19.5. The lowest BCUT2D eigenvalue weighted by Crippen LogP contribution is -2.15. The highest BCUT2D eigenvalue weighted by atomic mass is 15.2. The van der Waals surface area contributed by atoms with Crippen molar-refractivity contribution in [3.63, 3.8) is 0 Å². The molecule has 0 bridgehead atoms. The fourth-order valence-corrected chi connectivity index (χ4v) is 2.53. The molecule has 0 aromatic heterocycles. The molecule has 78 valence electrons. The third-order valence-corrected chi connectivity index (χ3v) is 3.25. The summed E-state index contributed by atoms with van der Waals surface area (Å²) in [6, 6.07) is 8.78. The average molecular weight is 200 g/mol. The van der Waals surface area contributed by atoms with Gasteiger partial charge < -0.3 is 10.6 Å². The quantitative estimate of drug-likeness (QED) is 0.668. The summed E-state index contributed by atoms with van der Waals surface area (Å²) in [4.78, 5) is 0. The van der Waals surface area contributed by atoms with Crippen LogP contribution in [0.25, 0.3) is 5.57 Å². The van der Waals surface area contributed by atoms with E-state index < -0.39 is 0 Å². The second-order valence-electron chi connectivity index (χ2n) is 4.22. The van der Waals surface area contributed by atoms with E-state index in [4.69, 9.17) is 0 Å². The van der Waals surface area contributed by atoms with E-state index >= 15 is 0 Å². The second-order valence-corrected chi connectivity index (χ2v) is 4.22. The molecule has 2 aliphatic rings. The molecule has 1 aromatic carbocycles. The molecular formula is C13H16N2. The molecule has 0 saturated carbocycles. The van der Waals surface area contributed by atoms with Crippen LogP contribution in [0, 0.1) is 0 Å². The van der Waals surface area contributed by atoms with E-state index in [1.54, 1.807) is 0 Å². The molecule has 2 N–H and O–H groups in total. The maximum absolute atomic E-state index is 3.44. The minimum atomic E-state index is 1.06. The Hall–Kier alpha value is -1.44. The van der Waals surface area contributed by atoms with Gasteiger partial charge in [-0.05, 0) is 36.0 Å². The Kier molecular flexibility index (Phi) is 2.13. The first-order valence-electron chi connectivity index (χ1n) is 5.74. The molecular weight excluding hydrogens is 184 g/mol. The number of hydrogen-bond donors (Lipinski definition) is 2. The summed E-state index contributed by atoms with van der Waals surface area (Å²) < 4.78 is 0. The third kappa shape index (κ3) is 1.50. The van der Waals surface area contributed by atoms with Gasteiger partial charge in [0.05, 0.1) is 0 Å². The van der Waals surface area contributed by atoms with Gasteiger partial charge in [0.2, 0.25) is 0 Å². The van der Waals surface area contributed by atoms with Crippen LogP contribution in [0.4, 0.5) is 0 Å². The van der Waals surface area contributed by atoms with Gasteiger partial charge in [0.15, 0.2) is 0 Å². The first-order chi connectivity index (χ1) is 7.45. The molecule has 0 spiro atoms. The number of aryl methyl sites for hydroxylation is 1. The Labute approximate surface area is 90.4 Å². The van der Waals surface area contributed by atoms with Crippen molar-refractivity contribution in [3.05, 3.63) is 41.2 Å². The van der Waals surface area contributed by atoms with Crippen molar-refractivity contribution in [2.24, 2.45) is 0 Å². The fourth-order valence-electron chi connectivity index (χ4n) is 2.53. The van der Waals surface area contributed by atoms with Gasteiger partial charge in [-0.25, -0.2) is 0 Å². The van der Waals surface area contributed by atoms with Gasteiger partial charge in [0.25, 0.3) is 0 Å². The lowest BCUT2D eigenvalue weighted by molar-refractivity contribution is 0.802. The zero-order valence-corrected chi connectivity index (χ0v) is 8.84. The van der Waals surface area contributed by atoms with Crippen LogP contribution in [0.2, 0.25) is 0 Å². The van der Waals surface area contributed by atoms with Crippen molar-refractivity contribution < 1.29 is 0 Å². The molecule has 2 heteroatoms. The van der Waals surface area contributed by atoms with Gasteiger partial charge in [0, 0.05) is 13.1 Å². The average Bonchev–Trinajstić information content (AvgIpc) is 2.82. The van der Waals surface area contributed by atoms with Crippen LogP contribution in [0.15, 0.2) is 30.1 Å². The molecule has 15 heavy (non-hydrogen) atoms. The van der Waals surface area contributed by atoms with E-state index in [0.29, 0.717) is 0 Å². The van der Waals surface area contributed by atoms with Crippen molar-refractivity contribution in [2.75, 3.05) is 13.1 Å². The number of benzene rings is 1. The first kappa shape index (κ1) is 8.84. The van der Waals surface area contributed by atoms with Crippen molar-refractivity contribution >= 4 is 5.57 Å². The second kappa shape index (κ2) is 3.61. The molecule has 0 unspecified atom stereocenters. The van der Waals surface area contributed by atoms with Crippen LogP contribution >= 0.6 is 0 Å². The van der Waals surface area contributed by atoms with Crippen LogP contribution in [0.5, 0.6) is 0 Å². The summed E-state index contributed by atoms with van der Waals surface area (Å²) >= 11 is 0. The van der Waals surface area contributed by atoms with Gasteiger partial charge in [0.1, 0.15) is 5.82 Å². The van der Waals surface area contributed by atoms with E-state index in [1.807, 2.05) is 0 Å². The summed E-state index contributed by atoms with van der Waals surface area (Å²) in [5, 5.41) is 6.87. The van der Waals surface area contributed by atoms with E-state index in [-0.39, 0.29) is 0 Å². The Morgan fingerprint density at radius 3 is 2.60 bits per heavy atom. The molecule has 0 radical (unpaired) electrons. The monoisotopic (exact) mass is 200 g/mol. The molecule has 1 fully saturated rings. The maximum atomic E-state index is 3.44. The maximum Gasteiger partial charge on any atom is 0.103 e. The van der Waals surface area contributed by atoms with Gasteiger partial charge in [-0.1, -0.05) is 24.3 Å². The van der Waals surface area contributed by atoms with Crippen molar-refractivity contribution in [3.8, 4) is 0 Å². The smallest absolute Gasteiger partial charge is 0.103 e. The summed E-state index contributed by atoms with van der Waals surface area (Å²) in [6.45, 7) is 2.11. The molecule has 1 aliphatic heterocycles. The lowest BCUT2D eigenvalue weighted by Gasteiger charge is -2.20. The standard InChI is InChI=1S/C13H16N2/c1-2-6-11-10(4-1)5-3-7-12(11)13-14-8-9-15-13/h1-2,4,6,14-15H,3,5,7-9H2. The van der Waals surface area contributed by atoms with E-state index in [2.05, 4.69) is 34.9 Å². The van der Waals surface area contributed by atoms with Gasteiger partial charge >= 0.3 is 0 Å². The topological polar surface area (TPSA) is 24.1 Å². The minimum absolute atomic E-state index is 1.06. The Bertz CT molecular complexity index is 399. The number of hydrogen-bond acceptors (Lipinski definition) is 2. The van der Waals surface area contributed by atoms with E-state index in [9.17, 15) is 0 Å². The molecule has 1 aromatic rings. The van der Waals surface area contributed by atoms with Gasteiger partial charge in [-0.15, -0.1) is 0 Å². The Morgan fingerprint density at radius 2 is 1.73 bits per heavy atom. The molecule has 0 atom stereocenters. The fraction of sp³-hybridized carbons (Fsp3) is 0.385. The molecule has 1 heterocycles. The first-order valence-corrected chi connectivity index (χ1v) is 5.74. The lowest BCUT2D eigenvalue weighted by atomic mass is 9.87. The summed E-state index contributed by atoms with van der Waals surface area (Å²) in [6.07, 6.45) is 3.71. The molecule has 1 saturated heterocycles. The highest BCUT2D eigenvalue weighted by molar-refractivity contribution is 5.72. The SMILES string of the molecule is c1ccc2c(c1)CCCC2=C1NCCN1. The Balaban J connectivity index is 2.09. The van der Waals surface area contributed by atoms with Crippen LogP contribution < -0.4 is 10.6 Å². The van der Waals surface area contributed by atoms with E-state index in [0.717, 1.165) is 13.1 Å². The van der Waals surface area contributed by atoms with Crippen molar-refractivity contribution in [1.82, 2.24) is 10.6 Å². The van der Waals surface area contributed by atoms with Crippen LogP contribution in [0.3, 0.4) is 0 Å². The number of allylic oxidation sites excluding steroid dienone is 1. The molecule has 3 rings (SSSR count). The minimum Gasteiger partial charge on any atom is -0.370 e. The van der Waals surface area contributed by atoms with Crippen LogP contribution in [0.1, 0.15) is 24.0 Å². The number of rotatable bonds is 0. The molecule has 1 aliphatic carbocycles. The summed E-state index contributed by atoms with van der Waals surface area (Å²) in [5.41, 5.74) is 4.43. The summed E-state index contributed by atoms with van der Waals surface area (Å²) in [5.74, 6) is 1.27. The molecule has 0 amide bonds. The Morgan fingerprint density at radius 1 is 0.933 bits per heavy atom. The predicted octanol–water partition coefficient (Wildman–Crippen LogP) is 1.88. The zero-order valence-electron chi connectivity index (χ0n) is 8.84. The highest BCUT2D eigenvalue weighted by Gasteiger charge is 2.18. The highest BCUT2D eigenvalue weighted by Crippen LogP contribution is 2.31. The third-order valence-electron chi connectivity index (χ3n) is 3.25. The van der Waals surface area contributed by atoms with Crippen molar-refractivity contribution in [1.29, 1.82) is 0 Å². The summed E-state index contributed by atoms with van der Waals surface area (Å²) in [7, 11) is 0. The van der Waals surface area contributed by atoms with Crippen LogP contribution in [-0.2, 0) is 6.42 Å². The van der Waals surface area contributed by atoms with Crippen LogP contribution in [-0.4, -0.2) is 13.1 Å². The number of nitrogens with one attached hydrogen (secondary N) is 2.